The van der Waals surface area contributed by atoms with E-state index in [2.05, 4.69) is 10.1 Å². The van der Waals surface area contributed by atoms with E-state index in [1.807, 2.05) is 31.2 Å². The van der Waals surface area contributed by atoms with Crippen LogP contribution < -0.4 is 0 Å². The Labute approximate surface area is 138 Å². The molecule has 3 rings (SSSR count). The molecule has 1 unspecified atom stereocenters. The van der Waals surface area contributed by atoms with Crippen molar-refractivity contribution < 1.29 is 10.0 Å². The highest BCUT2D eigenvalue weighted by Gasteiger charge is 2.22. The maximum absolute atomic E-state index is 11.3. The highest BCUT2D eigenvalue weighted by atomic mass is 16.6. The van der Waals surface area contributed by atoms with E-state index in [0.29, 0.717) is 5.56 Å². The Hall–Kier alpha value is -3.06. The standard InChI is InChI=1S/C17H16N4O3/c1-12-2-4-13(5-3-12)16(22)11-20-10-15(21(23)24)17(19-20)14-6-8-18-9-7-14/h2-10,16,22H,11H2,1H3. The van der Waals surface area contributed by atoms with Crippen LogP contribution in [0.25, 0.3) is 11.3 Å². The van der Waals surface area contributed by atoms with Crippen LogP contribution in [0, 0.1) is 17.0 Å². The highest BCUT2D eigenvalue weighted by molar-refractivity contribution is 5.68. The average Bonchev–Trinajstić information content (AvgIpc) is 3.00. The molecule has 1 atom stereocenters. The molecule has 0 amide bonds. The molecule has 0 spiro atoms. The minimum Gasteiger partial charge on any atom is -0.386 e. The Morgan fingerprint density at radius 1 is 1.21 bits per heavy atom. The molecular formula is C17H16N4O3. The SMILES string of the molecule is Cc1ccc(C(O)Cn2cc([N+](=O)[O-])c(-c3ccncc3)n2)cc1. The summed E-state index contributed by atoms with van der Waals surface area (Å²) in [6.45, 7) is 2.10. The molecule has 0 aliphatic heterocycles. The van der Waals surface area contributed by atoms with E-state index < -0.39 is 11.0 Å². The molecule has 0 fully saturated rings. The zero-order valence-electron chi connectivity index (χ0n) is 13.0. The summed E-state index contributed by atoms with van der Waals surface area (Å²) in [5.74, 6) is 0. The fourth-order valence-electron chi connectivity index (χ4n) is 2.42. The molecule has 0 saturated carbocycles. The van der Waals surface area contributed by atoms with Crippen molar-refractivity contribution in [1.29, 1.82) is 0 Å². The van der Waals surface area contributed by atoms with Crippen LogP contribution in [0.5, 0.6) is 0 Å². The molecule has 7 nitrogen and oxygen atoms in total. The zero-order valence-corrected chi connectivity index (χ0v) is 13.0. The Morgan fingerprint density at radius 2 is 1.88 bits per heavy atom. The topological polar surface area (TPSA) is 94.1 Å². The van der Waals surface area contributed by atoms with Gasteiger partial charge in [0.05, 0.1) is 17.6 Å². The van der Waals surface area contributed by atoms with Crippen molar-refractivity contribution in [2.24, 2.45) is 0 Å². The van der Waals surface area contributed by atoms with Crippen molar-refractivity contribution in [3.63, 3.8) is 0 Å². The first kappa shape index (κ1) is 15.8. The lowest BCUT2D eigenvalue weighted by Gasteiger charge is -2.11. The van der Waals surface area contributed by atoms with Gasteiger partial charge in [-0.15, -0.1) is 0 Å². The number of rotatable bonds is 5. The van der Waals surface area contributed by atoms with Crippen LogP contribution >= 0.6 is 0 Å². The smallest absolute Gasteiger partial charge is 0.314 e. The van der Waals surface area contributed by atoms with Gasteiger partial charge >= 0.3 is 5.69 Å². The van der Waals surface area contributed by atoms with Crippen LogP contribution in [0.15, 0.2) is 55.0 Å². The molecule has 0 aliphatic rings. The maximum atomic E-state index is 11.3. The Bertz CT molecular complexity index is 844. The fourth-order valence-corrected chi connectivity index (χ4v) is 2.42. The summed E-state index contributed by atoms with van der Waals surface area (Å²) in [7, 11) is 0. The molecule has 122 valence electrons. The van der Waals surface area contributed by atoms with Crippen LogP contribution in [0.1, 0.15) is 17.2 Å². The summed E-state index contributed by atoms with van der Waals surface area (Å²) in [4.78, 5) is 14.7. The van der Waals surface area contributed by atoms with Gasteiger partial charge in [0.15, 0.2) is 5.69 Å². The predicted octanol–water partition coefficient (Wildman–Crippen LogP) is 2.90. The van der Waals surface area contributed by atoms with Gasteiger partial charge in [0.1, 0.15) is 6.20 Å². The summed E-state index contributed by atoms with van der Waals surface area (Å²) >= 11 is 0. The molecule has 0 radical (unpaired) electrons. The Kier molecular flexibility index (Phi) is 4.35. The largest absolute Gasteiger partial charge is 0.386 e. The van der Waals surface area contributed by atoms with Crippen molar-refractivity contribution >= 4 is 5.69 Å². The maximum Gasteiger partial charge on any atom is 0.314 e. The second-order valence-electron chi connectivity index (χ2n) is 5.50. The molecule has 0 saturated heterocycles. The number of nitro groups is 1. The Balaban J connectivity index is 1.89. The van der Waals surface area contributed by atoms with E-state index >= 15 is 0 Å². The number of pyridine rings is 1. The van der Waals surface area contributed by atoms with E-state index in [1.165, 1.54) is 10.9 Å². The number of aliphatic hydroxyl groups is 1. The third kappa shape index (κ3) is 3.31. The molecule has 1 N–H and O–H groups in total. The number of aliphatic hydroxyl groups excluding tert-OH is 1. The van der Waals surface area contributed by atoms with Gasteiger partial charge in [-0.25, -0.2) is 0 Å². The van der Waals surface area contributed by atoms with E-state index in [-0.39, 0.29) is 17.9 Å². The minimum absolute atomic E-state index is 0.0997. The van der Waals surface area contributed by atoms with Crippen molar-refractivity contribution in [2.75, 3.05) is 0 Å². The average molecular weight is 324 g/mol. The van der Waals surface area contributed by atoms with Gasteiger partial charge in [-0.3, -0.25) is 19.8 Å². The summed E-state index contributed by atoms with van der Waals surface area (Å²) < 4.78 is 1.40. The molecule has 2 aromatic heterocycles. The van der Waals surface area contributed by atoms with Gasteiger partial charge in [0, 0.05) is 18.0 Å². The van der Waals surface area contributed by atoms with Gasteiger partial charge < -0.3 is 5.11 Å². The summed E-state index contributed by atoms with van der Waals surface area (Å²) in [6.07, 6.45) is 3.65. The molecular weight excluding hydrogens is 308 g/mol. The van der Waals surface area contributed by atoms with Gasteiger partial charge in [0.2, 0.25) is 0 Å². The fraction of sp³-hybridized carbons (Fsp3) is 0.176. The summed E-state index contributed by atoms with van der Waals surface area (Å²) in [6, 6.07) is 10.8. The van der Waals surface area contributed by atoms with Crippen molar-refractivity contribution in [1.82, 2.24) is 14.8 Å². The number of aryl methyl sites for hydroxylation is 1. The second kappa shape index (κ2) is 6.59. The van der Waals surface area contributed by atoms with Crippen LogP contribution in [0.3, 0.4) is 0 Å². The first-order valence-electron chi connectivity index (χ1n) is 7.41. The normalized spacial score (nSPS) is 12.1. The minimum atomic E-state index is -0.796. The summed E-state index contributed by atoms with van der Waals surface area (Å²) in [5.41, 5.74) is 2.61. The monoisotopic (exact) mass is 324 g/mol. The third-order valence-electron chi connectivity index (χ3n) is 3.71. The van der Waals surface area contributed by atoms with Crippen LogP contribution in [0.4, 0.5) is 5.69 Å². The molecule has 24 heavy (non-hydrogen) atoms. The lowest BCUT2D eigenvalue weighted by molar-refractivity contribution is -0.384. The predicted molar refractivity (Wildman–Crippen MR) is 88.3 cm³/mol. The van der Waals surface area contributed by atoms with Gasteiger partial charge in [-0.2, -0.15) is 5.10 Å². The van der Waals surface area contributed by atoms with Crippen molar-refractivity contribution in [3.05, 3.63) is 76.2 Å². The summed E-state index contributed by atoms with van der Waals surface area (Å²) in [5, 5.41) is 25.9. The molecule has 1 aromatic carbocycles. The molecule has 2 heterocycles. The number of nitrogens with zero attached hydrogens (tertiary/aromatic N) is 4. The molecule has 7 heteroatoms. The van der Waals surface area contributed by atoms with Gasteiger partial charge in [-0.05, 0) is 24.6 Å². The number of hydrogen-bond acceptors (Lipinski definition) is 5. The van der Waals surface area contributed by atoms with Crippen molar-refractivity contribution in [2.45, 2.75) is 19.6 Å². The van der Waals surface area contributed by atoms with Crippen LogP contribution in [-0.2, 0) is 6.54 Å². The zero-order chi connectivity index (χ0) is 17.1. The molecule has 3 aromatic rings. The van der Waals surface area contributed by atoms with Crippen molar-refractivity contribution in [3.8, 4) is 11.3 Å². The quantitative estimate of drug-likeness (QED) is 0.575. The van der Waals surface area contributed by atoms with E-state index in [0.717, 1.165) is 11.1 Å². The van der Waals surface area contributed by atoms with E-state index in [1.54, 1.807) is 24.5 Å². The van der Waals surface area contributed by atoms with E-state index in [9.17, 15) is 15.2 Å². The first-order chi connectivity index (χ1) is 11.5. The number of hydrogen-bond donors (Lipinski definition) is 1. The van der Waals surface area contributed by atoms with Gasteiger partial charge in [-0.1, -0.05) is 29.8 Å². The van der Waals surface area contributed by atoms with Crippen LogP contribution in [0.2, 0.25) is 0 Å². The highest BCUT2D eigenvalue weighted by Crippen LogP contribution is 2.28. The Morgan fingerprint density at radius 3 is 2.50 bits per heavy atom. The number of aromatic nitrogens is 3. The van der Waals surface area contributed by atoms with Gasteiger partial charge in [0.25, 0.3) is 0 Å². The third-order valence-corrected chi connectivity index (χ3v) is 3.71. The van der Waals surface area contributed by atoms with E-state index in [4.69, 9.17) is 0 Å². The van der Waals surface area contributed by atoms with Crippen LogP contribution in [-0.4, -0.2) is 24.8 Å². The number of benzene rings is 1. The first-order valence-corrected chi connectivity index (χ1v) is 7.41. The molecule has 0 bridgehead atoms. The lowest BCUT2D eigenvalue weighted by Crippen LogP contribution is -2.09. The second-order valence-corrected chi connectivity index (χ2v) is 5.50. The lowest BCUT2D eigenvalue weighted by atomic mass is 10.1. The molecule has 0 aliphatic carbocycles.